The van der Waals surface area contributed by atoms with Gasteiger partial charge in [-0.2, -0.15) is 0 Å². The molecule has 0 atom stereocenters. The largest absolute Gasteiger partial charge is 0.478 e. The average molecular weight is 471 g/mol. The summed E-state index contributed by atoms with van der Waals surface area (Å²) in [6.45, 7) is 1.60. The van der Waals surface area contributed by atoms with Crippen LogP contribution in [0.1, 0.15) is 29.6 Å². The Balaban J connectivity index is 1.52. The molecule has 3 aromatic rings. The van der Waals surface area contributed by atoms with Crippen molar-refractivity contribution < 1.29 is 14.7 Å². The predicted octanol–water partition coefficient (Wildman–Crippen LogP) is 4.92. The molecular formula is C21H22N6O3S2. The number of carbonyl (C=O) groups excluding carboxylic acids is 1. The van der Waals surface area contributed by atoms with Gasteiger partial charge in [-0.3, -0.25) is 14.8 Å². The molecule has 0 bridgehead atoms. The predicted molar refractivity (Wildman–Crippen MR) is 128 cm³/mol. The van der Waals surface area contributed by atoms with Gasteiger partial charge < -0.3 is 20.6 Å². The van der Waals surface area contributed by atoms with Crippen LogP contribution in [0.5, 0.6) is 0 Å². The summed E-state index contributed by atoms with van der Waals surface area (Å²) in [6, 6.07) is 11.5. The summed E-state index contributed by atoms with van der Waals surface area (Å²) in [5.41, 5.74) is 2.61. The molecular weight excluding hydrogens is 448 g/mol. The molecule has 2 amide bonds. The zero-order valence-corrected chi connectivity index (χ0v) is 18.7. The van der Waals surface area contributed by atoms with Gasteiger partial charge >= 0.3 is 12.0 Å². The number of aromatic amines is 2. The molecule has 9 nitrogen and oxygen atoms in total. The Morgan fingerprint density at radius 3 is 2.22 bits per heavy atom. The van der Waals surface area contributed by atoms with E-state index < -0.39 is 12.0 Å². The van der Waals surface area contributed by atoms with E-state index in [1.165, 1.54) is 6.07 Å². The van der Waals surface area contributed by atoms with Crippen molar-refractivity contribution in [1.82, 2.24) is 14.8 Å². The van der Waals surface area contributed by atoms with E-state index in [2.05, 4.69) is 25.7 Å². The minimum absolute atomic E-state index is 0.227. The molecule has 1 aliphatic rings. The maximum atomic E-state index is 12.6. The fourth-order valence-corrected chi connectivity index (χ4v) is 4.30. The Morgan fingerprint density at radius 1 is 0.906 bits per heavy atom. The van der Waals surface area contributed by atoms with Gasteiger partial charge in [-0.1, -0.05) is 6.07 Å². The quantitative estimate of drug-likeness (QED) is 0.338. The van der Waals surface area contributed by atoms with E-state index in [0.29, 0.717) is 32.3 Å². The third-order valence-corrected chi connectivity index (χ3v) is 5.80. The normalized spacial score (nSPS) is 13.6. The van der Waals surface area contributed by atoms with Crippen LogP contribution < -0.4 is 15.5 Å². The molecule has 1 fully saturated rings. The lowest BCUT2D eigenvalue weighted by Crippen LogP contribution is -2.31. The van der Waals surface area contributed by atoms with E-state index >= 15 is 0 Å². The van der Waals surface area contributed by atoms with Gasteiger partial charge in [-0.05, 0) is 80.1 Å². The van der Waals surface area contributed by atoms with Gasteiger partial charge in [0.05, 0.1) is 16.9 Å². The van der Waals surface area contributed by atoms with Crippen molar-refractivity contribution in [2.75, 3.05) is 28.6 Å². The molecule has 0 saturated carbocycles. The summed E-state index contributed by atoms with van der Waals surface area (Å²) < 4.78 is 2.48. The summed E-state index contributed by atoms with van der Waals surface area (Å²) in [4.78, 5) is 26.3. The van der Waals surface area contributed by atoms with E-state index in [0.717, 1.165) is 32.4 Å². The van der Waals surface area contributed by atoms with Crippen LogP contribution >= 0.6 is 24.4 Å². The lowest BCUT2D eigenvalue weighted by atomic mass is 10.1. The fourth-order valence-electron chi connectivity index (χ4n) is 3.75. The molecule has 32 heavy (non-hydrogen) atoms. The molecule has 1 aliphatic heterocycles. The molecule has 5 N–H and O–H groups in total. The molecule has 2 aromatic carbocycles. The van der Waals surface area contributed by atoms with Crippen LogP contribution in [0.4, 0.5) is 21.9 Å². The fraction of sp³-hybridized carbons (Fsp3) is 0.238. The number of nitrogens with zero attached hydrogens (tertiary/aromatic N) is 2. The second-order valence-electron chi connectivity index (χ2n) is 7.41. The zero-order valence-electron chi connectivity index (χ0n) is 17.1. The van der Waals surface area contributed by atoms with E-state index in [1.807, 2.05) is 6.07 Å². The van der Waals surface area contributed by atoms with Gasteiger partial charge in [-0.15, -0.1) is 0 Å². The number of H-pyrrole nitrogens is 2. The lowest BCUT2D eigenvalue weighted by Gasteiger charge is -2.30. The molecule has 4 rings (SSSR count). The maximum Gasteiger partial charge on any atom is 0.337 e. The smallest absolute Gasteiger partial charge is 0.337 e. The number of nitrogens with one attached hydrogen (secondary N) is 4. The van der Waals surface area contributed by atoms with Crippen molar-refractivity contribution in [2.45, 2.75) is 19.3 Å². The number of piperidine rings is 1. The number of carbonyl (C=O) groups is 2. The third kappa shape index (κ3) is 4.73. The number of rotatable bonds is 5. The van der Waals surface area contributed by atoms with Gasteiger partial charge in [0.15, 0.2) is 9.54 Å². The zero-order chi connectivity index (χ0) is 22.7. The van der Waals surface area contributed by atoms with Gasteiger partial charge in [0.25, 0.3) is 0 Å². The monoisotopic (exact) mass is 470 g/mol. The van der Waals surface area contributed by atoms with Gasteiger partial charge in [0.1, 0.15) is 0 Å². The summed E-state index contributed by atoms with van der Waals surface area (Å²) in [6.07, 6.45) is 3.17. The topological polar surface area (TPSA) is 118 Å². The second-order valence-corrected chi connectivity index (χ2v) is 8.18. The van der Waals surface area contributed by atoms with Gasteiger partial charge in [0.2, 0.25) is 0 Å². The van der Waals surface area contributed by atoms with Crippen LogP contribution in [0.15, 0.2) is 42.5 Å². The number of carboxylic acid groups (broad SMARTS) is 1. The average Bonchev–Trinajstić information content (AvgIpc) is 3.12. The number of aromatic nitrogens is 3. The van der Waals surface area contributed by atoms with Crippen molar-refractivity contribution >= 4 is 53.5 Å². The number of anilines is 3. The number of benzene rings is 2. The lowest BCUT2D eigenvalue weighted by molar-refractivity contribution is 0.0697. The highest BCUT2D eigenvalue weighted by molar-refractivity contribution is 7.72. The second kappa shape index (κ2) is 9.37. The number of hydrogen-bond donors (Lipinski definition) is 5. The van der Waals surface area contributed by atoms with Crippen molar-refractivity contribution in [2.24, 2.45) is 0 Å². The van der Waals surface area contributed by atoms with E-state index in [1.54, 1.807) is 34.9 Å². The number of hydrogen-bond acceptors (Lipinski definition) is 5. The molecule has 1 aromatic heterocycles. The molecule has 0 unspecified atom stereocenters. The standard InChI is InChI=1S/C21H22N6O3S2/c28-18(29)16-8-7-14(12-17(16)26-9-2-1-3-10-26)23-19(30)22-13-5-4-6-15(11-13)27-20(31)24-25-21(27)32/h4-8,11-12H,1-3,9-10H2,(H,24,31)(H,25,32)(H,28,29)(H2,22,23,30). The Kier molecular flexibility index (Phi) is 6.37. The van der Waals surface area contributed by atoms with Crippen LogP contribution in [-0.2, 0) is 0 Å². The molecule has 11 heteroatoms. The minimum Gasteiger partial charge on any atom is -0.478 e. The Bertz CT molecular complexity index is 1250. The van der Waals surface area contributed by atoms with Crippen LogP contribution in [0.25, 0.3) is 5.69 Å². The first-order valence-electron chi connectivity index (χ1n) is 10.1. The summed E-state index contributed by atoms with van der Waals surface area (Å²) in [5.74, 6) is -0.986. The first kappa shape index (κ1) is 21.8. The van der Waals surface area contributed by atoms with Crippen LogP contribution in [0.3, 0.4) is 0 Å². The maximum absolute atomic E-state index is 12.6. The van der Waals surface area contributed by atoms with E-state index in [4.69, 9.17) is 24.4 Å². The first-order valence-corrected chi connectivity index (χ1v) is 10.9. The number of amides is 2. The molecule has 0 spiro atoms. The Morgan fingerprint density at radius 2 is 1.56 bits per heavy atom. The van der Waals surface area contributed by atoms with Crippen molar-refractivity contribution in [3.63, 3.8) is 0 Å². The summed E-state index contributed by atoms with van der Waals surface area (Å²) >= 11 is 10.5. The van der Waals surface area contributed by atoms with E-state index in [-0.39, 0.29) is 5.56 Å². The number of aromatic carboxylic acids is 1. The van der Waals surface area contributed by atoms with Crippen molar-refractivity contribution in [1.29, 1.82) is 0 Å². The number of urea groups is 1. The van der Waals surface area contributed by atoms with Crippen LogP contribution in [0, 0.1) is 9.54 Å². The van der Waals surface area contributed by atoms with E-state index in [9.17, 15) is 14.7 Å². The first-order chi connectivity index (χ1) is 15.4. The Hall–Kier alpha value is -3.44. The van der Waals surface area contributed by atoms with Crippen molar-refractivity contribution in [3.8, 4) is 5.69 Å². The summed E-state index contributed by atoms with van der Waals surface area (Å²) in [7, 11) is 0. The highest BCUT2D eigenvalue weighted by Gasteiger charge is 2.19. The van der Waals surface area contributed by atoms with Crippen LogP contribution in [-0.4, -0.2) is 45.0 Å². The highest BCUT2D eigenvalue weighted by Crippen LogP contribution is 2.28. The number of carboxylic acids is 1. The third-order valence-electron chi connectivity index (χ3n) is 5.23. The molecule has 2 heterocycles. The molecule has 166 valence electrons. The van der Waals surface area contributed by atoms with Gasteiger partial charge in [0, 0.05) is 24.5 Å². The van der Waals surface area contributed by atoms with Gasteiger partial charge in [-0.25, -0.2) is 9.59 Å². The highest BCUT2D eigenvalue weighted by atomic mass is 32.1. The molecule has 1 saturated heterocycles. The SMILES string of the molecule is O=C(Nc1cccc(-n2c(=S)[nH][nH]c2=S)c1)Nc1ccc(C(=O)O)c(N2CCCCC2)c1. The molecule has 0 radical (unpaired) electrons. The van der Waals surface area contributed by atoms with Crippen molar-refractivity contribution in [3.05, 3.63) is 57.6 Å². The minimum atomic E-state index is -0.986. The summed E-state index contributed by atoms with van der Waals surface area (Å²) in [5, 5.41) is 20.7. The molecule has 0 aliphatic carbocycles. The van der Waals surface area contributed by atoms with Crippen LogP contribution in [0.2, 0.25) is 0 Å². The Labute approximate surface area is 194 Å².